The van der Waals surface area contributed by atoms with Gasteiger partial charge in [-0.3, -0.25) is 0 Å². The highest BCUT2D eigenvalue weighted by Gasteiger charge is 2.24. The molecule has 0 aliphatic heterocycles. The van der Waals surface area contributed by atoms with Gasteiger partial charge in [-0.1, -0.05) is 26.2 Å². The van der Waals surface area contributed by atoms with Crippen molar-refractivity contribution in [3.05, 3.63) is 0 Å². The minimum atomic E-state index is -3.36. The van der Waals surface area contributed by atoms with Crippen LogP contribution in [0.25, 0.3) is 0 Å². The van der Waals surface area contributed by atoms with Gasteiger partial charge in [0.25, 0.3) is 10.2 Å². The number of hydrogen-bond acceptors (Lipinski definition) is 3. The molecule has 2 unspecified atom stereocenters. The Morgan fingerprint density at radius 3 is 2.60 bits per heavy atom. The average molecular weight is 235 g/mol. The second kappa shape index (κ2) is 5.79. The van der Waals surface area contributed by atoms with Crippen LogP contribution < -0.4 is 15.2 Å². The summed E-state index contributed by atoms with van der Waals surface area (Å²) in [6, 6.07) is -0.169. The van der Waals surface area contributed by atoms with Gasteiger partial charge in [-0.25, -0.2) is 4.72 Å². The zero-order chi connectivity index (χ0) is 11.3. The van der Waals surface area contributed by atoms with E-state index in [1.54, 1.807) is 6.92 Å². The van der Waals surface area contributed by atoms with Crippen molar-refractivity contribution in [3.63, 3.8) is 0 Å². The van der Waals surface area contributed by atoms with Crippen LogP contribution in [0.3, 0.4) is 0 Å². The van der Waals surface area contributed by atoms with Crippen molar-refractivity contribution < 1.29 is 8.42 Å². The van der Waals surface area contributed by atoms with E-state index in [2.05, 4.69) is 9.44 Å². The van der Waals surface area contributed by atoms with Crippen LogP contribution in [0.15, 0.2) is 0 Å². The van der Waals surface area contributed by atoms with Gasteiger partial charge in [-0.2, -0.15) is 13.1 Å². The third-order valence-corrected chi connectivity index (χ3v) is 3.99. The summed E-state index contributed by atoms with van der Waals surface area (Å²) in [4.78, 5) is 0. The number of nitrogens with one attached hydrogen (secondary N) is 2. The van der Waals surface area contributed by atoms with E-state index >= 15 is 0 Å². The molecule has 1 saturated carbocycles. The molecule has 0 spiro atoms. The smallest absolute Gasteiger partial charge is 0.277 e. The standard InChI is InChI=1S/C9H21N3O2S/c1-2-11-15(13,14)12-9-7-5-3-4-6-8(9)10/h8-9,11-12H,2-7,10H2,1H3. The predicted octanol–water partition coefficient (Wildman–Crippen LogP) is 0.0903. The summed E-state index contributed by atoms with van der Waals surface area (Å²) >= 11 is 0. The maximum atomic E-state index is 11.5. The van der Waals surface area contributed by atoms with Crippen molar-refractivity contribution in [3.8, 4) is 0 Å². The Kier molecular flexibility index (Phi) is 4.98. The Balaban J connectivity index is 2.54. The van der Waals surface area contributed by atoms with Crippen LogP contribution in [0.2, 0.25) is 0 Å². The average Bonchev–Trinajstić information content (AvgIpc) is 2.31. The number of rotatable bonds is 4. The molecule has 2 atom stereocenters. The Morgan fingerprint density at radius 1 is 1.27 bits per heavy atom. The van der Waals surface area contributed by atoms with Gasteiger partial charge >= 0.3 is 0 Å². The van der Waals surface area contributed by atoms with Gasteiger partial charge in [-0.15, -0.1) is 0 Å². The molecule has 0 aromatic rings. The molecule has 0 aromatic carbocycles. The maximum absolute atomic E-state index is 11.5. The Labute approximate surface area is 92.0 Å². The van der Waals surface area contributed by atoms with Gasteiger partial charge in [-0.05, 0) is 12.8 Å². The minimum absolute atomic E-state index is 0.0547. The summed E-state index contributed by atoms with van der Waals surface area (Å²) in [5.74, 6) is 0. The van der Waals surface area contributed by atoms with Crippen molar-refractivity contribution in [2.75, 3.05) is 6.54 Å². The highest BCUT2D eigenvalue weighted by Crippen LogP contribution is 2.16. The van der Waals surface area contributed by atoms with Crippen molar-refractivity contribution in [1.29, 1.82) is 0 Å². The molecular weight excluding hydrogens is 214 g/mol. The molecule has 1 aliphatic rings. The molecule has 0 amide bonds. The molecule has 0 heterocycles. The topological polar surface area (TPSA) is 84.2 Å². The van der Waals surface area contributed by atoms with E-state index in [1.165, 1.54) is 0 Å². The summed E-state index contributed by atoms with van der Waals surface area (Å²) in [5.41, 5.74) is 5.93. The molecule has 1 rings (SSSR count). The van der Waals surface area contributed by atoms with Gasteiger partial charge in [0, 0.05) is 18.6 Å². The van der Waals surface area contributed by atoms with E-state index < -0.39 is 10.2 Å². The third-order valence-electron chi connectivity index (χ3n) is 2.71. The van der Waals surface area contributed by atoms with Crippen LogP contribution in [0.5, 0.6) is 0 Å². The summed E-state index contributed by atoms with van der Waals surface area (Å²) < 4.78 is 28.0. The van der Waals surface area contributed by atoms with Crippen molar-refractivity contribution >= 4 is 10.2 Å². The Bertz CT molecular complexity index is 279. The number of nitrogens with two attached hydrogens (primary N) is 1. The fourth-order valence-electron chi connectivity index (χ4n) is 1.91. The van der Waals surface area contributed by atoms with Gasteiger partial charge in [0.2, 0.25) is 0 Å². The largest absolute Gasteiger partial charge is 0.326 e. The molecule has 0 bridgehead atoms. The van der Waals surface area contributed by atoms with Crippen molar-refractivity contribution in [1.82, 2.24) is 9.44 Å². The Hall–Kier alpha value is -0.170. The lowest BCUT2D eigenvalue weighted by molar-refractivity contribution is 0.453. The lowest BCUT2D eigenvalue weighted by atomic mass is 10.1. The first-order valence-corrected chi connectivity index (χ1v) is 7.06. The summed E-state index contributed by atoms with van der Waals surface area (Å²) in [6.45, 7) is 2.16. The summed E-state index contributed by atoms with van der Waals surface area (Å²) in [5, 5.41) is 0. The fourth-order valence-corrected chi connectivity index (χ4v) is 3.07. The van der Waals surface area contributed by atoms with E-state index in [0.717, 1.165) is 32.1 Å². The van der Waals surface area contributed by atoms with Crippen LogP contribution >= 0.6 is 0 Å². The molecule has 0 saturated heterocycles. The van der Waals surface area contributed by atoms with Crippen molar-refractivity contribution in [2.24, 2.45) is 5.73 Å². The molecule has 5 nitrogen and oxygen atoms in total. The van der Waals surface area contributed by atoms with E-state index in [4.69, 9.17) is 5.73 Å². The zero-order valence-corrected chi connectivity index (χ0v) is 10.0. The predicted molar refractivity (Wildman–Crippen MR) is 60.6 cm³/mol. The van der Waals surface area contributed by atoms with E-state index in [-0.39, 0.29) is 12.1 Å². The first-order valence-electron chi connectivity index (χ1n) is 5.57. The molecular formula is C9H21N3O2S. The maximum Gasteiger partial charge on any atom is 0.277 e. The quantitative estimate of drug-likeness (QED) is 0.604. The van der Waals surface area contributed by atoms with Gasteiger partial charge in [0.15, 0.2) is 0 Å². The van der Waals surface area contributed by atoms with E-state index in [0.29, 0.717) is 6.54 Å². The molecule has 1 aliphatic carbocycles. The molecule has 6 heteroatoms. The number of hydrogen-bond donors (Lipinski definition) is 3. The lowest BCUT2D eigenvalue weighted by Gasteiger charge is -2.22. The highest BCUT2D eigenvalue weighted by molar-refractivity contribution is 7.87. The van der Waals surface area contributed by atoms with E-state index in [9.17, 15) is 8.42 Å². The van der Waals surface area contributed by atoms with Crippen molar-refractivity contribution in [2.45, 2.75) is 51.1 Å². The highest BCUT2D eigenvalue weighted by atomic mass is 32.2. The monoisotopic (exact) mass is 235 g/mol. The zero-order valence-electron chi connectivity index (χ0n) is 9.20. The summed E-state index contributed by atoms with van der Waals surface area (Å²) in [7, 11) is -3.36. The van der Waals surface area contributed by atoms with Gasteiger partial charge < -0.3 is 5.73 Å². The molecule has 15 heavy (non-hydrogen) atoms. The molecule has 1 fully saturated rings. The first kappa shape index (κ1) is 12.9. The second-order valence-corrected chi connectivity index (χ2v) is 5.56. The second-order valence-electron chi connectivity index (χ2n) is 4.03. The van der Waals surface area contributed by atoms with Gasteiger partial charge in [0.1, 0.15) is 0 Å². The molecule has 0 aromatic heterocycles. The van der Waals surface area contributed by atoms with Crippen LogP contribution in [0.1, 0.15) is 39.0 Å². The third kappa shape index (κ3) is 4.46. The van der Waals surface area contributed by atoms with E-state index in [1.807, 2.05) is 0 Å². The van der Waals surface area contributed by atoms with Crippen LogP contribution in [-0.2, 0) is 10.2 Å². The molecule has 0 radical (unpaired) electrons. The minimum Gasteiger partial charge on any atom is -0.326 e. The van der Waals surface area contributed by atoms with Crippen LogP contribution in [0, 0.1) is 0 Å². The molecule has 90 valence electrons. The SMILES string of the molecule is CCNS(=O)(=O)NC1CCCCCC1N. The van der Waals surface area contributed by atoms with Gasteiger partial charge in [0.05, 0.1) is 0 Å². The van der Waals surface area contributed by atoms with Crippen LogP contribution in [-0.4, -0.2) is 27.0 Å². The summed E-state index contributed by atoms with van der Waals surface area (Å²) in [6.07, 6.45) is 5.03. The van der Waals surface area contributed by atoms with Crippen LogP contribution in [0.4, 0.5) is 0 Å². The fraction of sp³-hybridized carbons (Fsp3) is 1.00. The first-order chi connectivity index (χ1) is 7.05. The Morgan fingerprint density at radius 2 is 1.93 bits per heavy atom. The lowest BCUT2D eigenvalue weighted by Crippen LogP contribution is -2.50. The normalized spacial score (nSPS) is 28.7. The molecule has 4 N–H and O–H groups in total.